The van der Waals surface area contributed by atoms with Gasteiger partial charge in [0.25, 0.3) is 0 Å². The zero-order chi connectivity index (χ0) is 19.2. The van der Waals surface area contributed by atoms with Crippen molar-refractivity contribution in [3.8, 4) is 0 Å². The molecule has 148 valence electrons. The highest BCUT2D eigenvalue weighted by atomic mass is 127. The van der Waals surface area contributed by atoms with Crippen LogP contribution in [0, 0.1) is 0 Å². The maximum Gasteiger partial charge on any atom is 0.191 e. The topological polar surface area (TPSA) is 70.6 Å². The molecule has 0 spiro atoms. The summed E-state index contributed by atoms with van der Waals surface area (Å²) in [7, 11) is -1.43. The molecule has 0 saturated heterocycles. The largest absolute Gasteiger partial charge is 0.356 e. The van der Waals surface area contributed by atoms with Crippen molar-refractivity contribution in [2.24, 2.45) is 4.99 Å². The predicted octanol–water partition coefficient (Wildman–Crippen LogP) is 3.35. The third-order valence-corrected chi connectivity index (χ3v) is 5.42. The summed E-state index contributed by atoms with van der Waals surface area (Å²) in [6.45, 7) is 5.68. The zero-order valence-electron chi connectivity index (χ0n) is 16.2. The number of hydrogen-bond acceptors (Lipinski definition) is 3. The van der Waals surface area contributed by atoms with Gasteiger partial charge in [0.1, 0.15) is 0 Å². The maximum atomic E-state index is 11.5. The number of nitrogens with zero attached hydrogens (tertiary/aromatic N) is 1. The van der Waals surface area contributed by atoms with Gasteiger partial charge in [-0.05, 0) is 23.3 Å². The molecule has 0 radical (unpaired) electrons. The number of sulfone groups is 1. The average Bonchev–Trinajstić information content (AvgIpc) is 2.62. The van der Waals surface area contributed by atoms with Crippen molar-refractivity contribution in [2.45, 2.75) is 30.7 Å². The van der Waals surface area contributed by atoms with Crippen LogP contribution in [0.25, 0.3) is 0 Å². The van der Waals surface area contributed by atoms with Gasteiger partial charge in [0.2, 0.25) is 0 Å². The summed E-state index contributed by atoms with van der Waals surface area (Å²) < 4.78 is 23.0. The summed E-state index contributed by atoms with van der Waals surface area (Å²) in [5.41, 5.74) is 2.22. The molecule has 2 N–H and O–H groups in total. The lowest BCUT2D eigenvalue weighted by Gasteiger charge is -2.26. The molecule has 0 aliphatic heterocycles. The van der Waals surface area contributed by atoms with E-state index in [1.54, 1.807) is 19.2 Å². The SMILES string of the molecule is CN=C(NCc1ccc(S(C)(=O)=O)cc1)NCC(C)(C)c1ccccc1.I. The molecule has 7 heteroatoms. The van der Waals surface area contributed by atoms with Crippen molar-refractivity contribution >= 4 is 39.8 Å². The van der Waals surface area contributed by atoms with Crippen LogP contribution >= 0.6 is 24.0 Å². The lowest BCUT2D eigenvalue weighted by Crippen LogP contribution is -2.43. The quantitative estimate of drug-likeness (QED) is 0.362. The van der Waals surface area contributed by atoms with E-state index in [1.807, 2.05) is 30.3 Å². The fraction of sp³-hybridized carbons (Fsp3) is 0.350. The van der Waals surface area contributed by atoms with Crippen molar-refractivity contribution in [2.75, 3.05) is 19.8 Å². The van der Waals surface area contributed by atoms with Gasteiger partial charge in [0.15, 0.2) is 15.8 Å². The minimum atomic E-state index is -3.16. The van der Waals surface area contributed by atoms with Gasteiger partial charge < -0.3 is 10.6 Å². The first-order valence-electron chi connectivity index (χ1n) is 8.51. The molecule has 5 nitrogen and oxygen atoms in total. The van der Waals surface area contributed by atoms with Gasteiger partial charge in [-0.1, -0.05) is 56.3 Å². The molecule has 2 aromatic carbocycles. The van der Waals surface area contributed by atoms with E-state index in [9.17, 15) is 8.42 Å². The Morgan fingerprint density at radius 1 is 1.00 bits per heavy atom. The Morgan fingerprint density at radius 3 is 2.11 bits per heavy atom. The second kappa shape index (κ2) is 10.1. The van der Waals surface area contributed by atoms with E-state index >= 15 is 0 Å². The van der Waals surface area contributed by atoms with Crippen LogP contribution in [0.2, 0.25) is 0 Å². The third-order valence-electron chi connectivity index (χ3n) is 4.29. The van der Waals surface area contributed by atoms with Crippen molar-refractivity contribution in [1.82, 2.24) is 10.6 Å². The maximum absolute atomic E-state index is 11.5. The van der Waals surface area contributed by atoms with Crippen LogP contribution in [0.5, 0.6) is 0 Å². The second-order valence-electron chi connectivity index (χ2n) is 6.95. The molecule has 0 bridgehead atoms. The summed E-state index contributed by atoms with van der Waals surface area (Å²) in [6.07, 6.45) is 1.21. The molecule has 0 aliphatic rings. The van der Waals surface area contributed by atoms with E-state index in [2.05, 4.69) is 41.6 Å². The molecular weight excluding hydrogens is 473 g/mol. The van der Waals surface area contributed by atoms with E-state index in [0.29, 0.717) is 17.4 Å². The van der Waals surface area contributed by atoms with Crippen LogP contribution in [-0.2, 0) is 21.8 Å². The molecule has 0 saturated carbocycles. The predicted molar refractivity (Wildman–Crippen MR) is 123 cm³/mol. The molecule has 0 aromatic heterocycles. The molecule has 0 fully saturated rings. The lowest BCUT2D eigenvalue weighted by atomic mass is 9.85. The number of guanidine groups is 1. The van der Waals surface area contributed by atoms with Gasteiger partial charge in [0.05, 0.1) is 4.90 Å². The standard InChI is InChI=1S/C20H27N3O2S.HI/c1-20(2,17-8-6-5-7-9-17)15-23-19(21-3)22-14-16-10-12-18(13-11-16)26(4,24)25;/h5-13H,14-15H2,1-4H3,(H2,21,22,23);1H. The Labute approximate surface area is 179 Å². The van der Waals surface area contributed by atoms with Gasteiger partial charge in [-0.25, -0.2) is 8.42 Å². The summed E-state index contributed by atoms with van der Waals surface area (Å²) >= 11 is 0. The molecule has 0 heterocycles. The Hall–Kier alpha value is -1.61. The Bertz CT molecular complexity index is 849. The van der Waals surface area contributed by atoms with Gasteiger partial charge >= 0.3 is 0 Å². The first-order valence-corrected chi connectivity index (χ1v) is 10.4. The van der Waals surface area contributed by atoms with Crippen molar-refractivity contribution in [3.05, 3.63) is 65.7 Å². The Balaban J connectivity index is 0.00000364. The highest BCUT2D eigenvalue weighted by Gasteiger charge is 2.20. The Kier molecular flexibility index (Phi) is 8.74. The first-order chi connectivity index (χ1) is 12.2. The van der Waals surface area contributed by atoms with Gasteiger partial charge in [0, 0.05) is 31.8 Å². The highest BCUT2D eigenvalue weighted by Crippen LogP contribution is 2.21. The van der Waals surface area contributed by atoms with Crippen LogP contribution in [0.1, 0.15) is 25.0 Å². The highest BCUT2D eigenvalue weighted by molar-refractivity contribution is 14.0. The van der Waals surface area contributed by atoms with Crippen LogP contribution in [-0.4, -0.2) is 34.2 Å². The number of benzene rings is 2. The molecule has 0 amide bonds. The lowest BCUT2D eigenvalue weighted by molar-refractivity contribution is 0.508. The number of hydrogen-bond donors (Lipinski definition) is 2. The average molecular weight is 501 g/mol. The minimum Gasteiger partial charge on any atom is -0.356 e. The van der Waals surface area contributed by atoms with Crippen molar-refractivity contribution < 1.29 is 8.42 Å². The molecule has 2 aromatic rings. The summed E-state index contributed by atoms with van der Waals surface area (Å²) in [5, 5.41) is 6.61. The van der Waals surface area contributed by atoms with Gasteiger partial charge in [-0.2, -0.15) is 0 Å². The second-order valence-corrected chi connectivity index (χ2v) is 8.96. The Morgan fingerprint density at radius 2 is 1.59 bits per heavy atom. The van der Waals surface area contributed by atoms with E-state index in [1.165, 1.54) is 11.8 Å². The molecular formula is C20H28IN3O2S. The summed E-state index contributed by atoms with van der Waals surface area (Å²) in [4.78, 5) is 4.58. The van der Waals surface area contributed by atoms with Gasteiger partial charge in [-0.3, -0.25) is 4.99 Å². The molecule has 2 rings (SSSR count). The van der Waals surface area contributed by atoms with E-state index in [-0.39, 0.29) is 29.4 Å². The minimum absolute atomic E-state index is 0. The third kappa shape index (κ3) is 7.14. The van der Waals surface area contributed by atoms with Crippen LogP contribution in [0.15, 0.2) is 64.5 Å². The fourth-order valence-corrected chi connectivity index (χ4v) is 3.19. The van der Waals surface area contributed by atoms with Crippen LogP contribution < -0.4 is 10.6 Å². The number of rotatable bonds is 6. The van der Waals surface area contributed by atoms with Crippen molar-refractivity contribution in [3.63, 3.8) is 0 Å². The zero-order valence-corrected chi connectivity index (χ0v) is 19.3. The summed E-state index contributed by atoms with van der Waals surface area (Å²) in [5.74, 6) is 0.709. The monoisotopic (exact) mass is 501 g/mol. The number of aliphatic imine (C=N–C) groups is 1. The van der Waals surface area contributed by atoms with Crippen LogP contribution in [0.4, 0.5) is 0 Å². The van der Waals surface area contributed by atoms with Crippen LogP contribution in [0.3, 0.4) is 0 Å². The molecule has 0 aliphatic carbocycles. The number of nitrogens with one attached hydrogen (secondary N) is 2. The van der Waals surface area contributed by atoms with E-state index in [4.69, 9.17) is 0 Å². The smallest absolute Gasteiger partial charge is 0.191 e. The number of halogens is 1. The summed E-state index contributed by atoms with van der Waals surface area (Å²) in [6, 6.07) is 17.2. The molecule has 0 unspecified atom stereocenters. The fourth-order valence-electron chi connectivity index (χ4n) is 2.56. The van der Waals surface area contributed by atoms with Gasteiger partial charge in [-0.15, -0.1) is 24.0 Å². The molecule has 0 atom stereocenters. The molecule has 27 heavy (non-hydrogen) atoms. The first kappa shape index (κ1) is 23.4. The van der Waals surface area contributed by atoms with E-state index < -0.39 is 9.84 Å². The van der Waals surface area contributed by atoms with E-state index in [0.717, 1.165) is 12.1 Å². The normalized spacial score (nSPS) is 12.2. The van der Waals surface area contributed by atoms with Crippen molar-refractivity contribution in [1.29, 1.82) is 0 Å².